The molecule has 1 heterocycles. The molecule has 0 bridgehead atoms. The molecule has 5 nitrogen and oxygen atoms in total. The van der Waals surface area contributed by atoms with Gasteiger partial charge in [0.05, 0.1) is 16.3 Å². The molecule has 0 aromatic heterocycles. The van der Waals surface area contributed by atoms with Gasteiger partial charge in [-0.2, -0.15) is 0 Å². The Morgan fingerprint density at radius 2 is 1.95 bits per heavy atom. The first-order valence-corrected chi connectivity index (χ1v) is 6.70. The van der Waals surface area contributed by atoms with Crippen LogP contribution in [-0.4, -0.2) is 17.7 Å². The number of anilines is 1. The second kappa shape index (κ2) is 4.72. The number of carbonyl (C=O) groups excluding carboxylic acids is 3. The smallest absolute Gasteiger partial charge is 0.260 e. The SMILES string of the molecule is CC(=O)N(Cl)c1cc(Cl)c2cccc3c2c1C(=O)NC3=O. The average Bonchev–Trinajstić information content (AvgIpc) is 2.44. The number of nitrogens with one attached hydrogen (secondary N) is 1. The second-order valence-electron chi connectivity index (χ2n) is 4.56. The van der Waals surface area contributed by atoms with Gasteiger partial charge in [0, 0.05) is 35.0 Å². The maximum absolute atomic E-state index is 12.2. The van der Waals surface area contributed by atoms with Crippen LogP contribution in [0.1, 0.15) is 27.6 Å². The van der Waals surface area contributed by atoms with Gasteiger partial charge in [0.25, 0.3) is 11.8 Å². The van der Waals surface area contributed by atoms with Crippen molar-refractivity contribution < 1.29 is 14.4 Å². The quantitative estimate of drug-likeness (QED) is 0.648. The lowest BCUT2D eigenvalue weighted by Gasteiger charge is -2.23. The lowest BCUT2D eigenvalue weighted by molar-refractivity contribution is -0.115. The molecule has 3 amide bonds. The van der Waals surface area contributed by atoms with E-state index in [1.165, 1.54) is 13.0 Å². The minimum Gasteiger partial charge on any atom is -0.288 e. The van der Waals surface area contributed by atoms with Gasteiger partial charge in [0.2, 0.25) is 5.91 Å². The van der Waals surface area contributed by atoms with E-state index in [0.717, 1.165) is 4.42 Å². The maximum atomic E-state index is 12.2. The lowest BCUT2D eigenvalue weighted by atomic mass is 9.93. The number of halogens is 2. The number of nitrogens with zero attached hydrogens (tertiary/aromatic N) is 1. The van der Waals surface area contributed by atoms with E-state index in [-0.39, 0.29) is 11.3 Å². The van der Waals surface area contributed by atoms with Crippen molar-refractivity contribution in [3.8, 4) is 0 Å². The van der Waals surface area contributed by atoms with Crippen molar-refractivity contribution >= 4 is 57.6 Å². The van der Waals surface area contributed by atoms with E-state index >= 15 is 0 Å². The number of amides is 3. The molecule has 0 saturated carbocycles. The van der Waals surface area contributed by atoms with Gasteiger partial charge in [-0.3, -0.25) is 19.7 Å². The van der Waals surface area contributed by atoms with Crippen LogP contribution in [0.15, 0.2) is 24.3 Å². The first kappa shape index (κ1) is 13.9. The Balaban J connectivity index is 2.49. The number of hydrogen-bond donors (Lipinski definition) is 1. The molecule has 3 rings (SSSR count). The van der Waals surface area contributed by atoms with Crippen molar-refractivity contribution in [2.24, 2.45) is 0 Å². The van der Waals surface area contributed by atoms with Crippen LogP contribution in [0.4, 0.5) is 5.69 Å². The Kier molecular flexibility index (Phi) is 3.11. The number of imide groups is 1. The summed E-state index contributed by atoms with van der Waals surface area (Å²) in [5.74, 6) is -1.58. The summed E-state index contributed by atoms with van der Waals surface area (Å²) in [6, 6.07) is 6.39. The fourth-order valence-corrected chi connectivity index (χ4v) is 2.79. The molecule has 1 aliphatic heterocycles. The maximum Gasteiger partial charge on any atom is 0.260 e. The van der Waals surface area contributed by atoms with Crippen molar-refractivity contribution in [1.29, 1.82) is 0 Å². The van der Waals surface area contributed by atoms with Crippen LogP contribution >= 0.6 is 23.4 Å². The summed E-state index contributed by atoms with van der Waals surface area (Å²) in [7, 11) is 0. The average molecular weight is 323 g/mol. The molecule has 7 heteroatoms. The summed E-state index contributed by atoms with van der Waals surface area (Å²) in [6.45, 7) is 1.26. The Hall–Kier alpha value is -2.11. The van der Waals surface area contributed by atoms with Crippen LogP contribution in [0, 0.1) is 0 Å². The van der Waals surface area contributed by atoms with Crippen molar-refractivity contribution in [3.05, 3.63) is 40.4 Å². The predicted octanol–water partition coefficient (Wildman–Crippen LogP) is 2.88. The summed E-state index contributed by atoms with van der Waals surface area (Å²) in [4.78, 5) is 35.6. The third-order valence-corrected chi connectivity index (χ3v) is 4.01. The fraction of sp³-hybridized carbons (Fsp3) is 0.0714. The van der Waals surface area contributed by atoms with E-state index in [1.54, 1.807) is 18.2 Å². The molecule has 0 unspecified atom stereocenters. The van der Waals surface area contributed by atoms with E-state index in [4.69, 9.17) is 23.4 Å². The van der Waals surface area contributed by atoms with E-state index in [9.17, 15) is 14.4 Å². The molecule has 0 spiro atoms. The summed E-state index contributed by atoms with van der Waals surface area (Å²) < 4.78 is 0.812. The number of carbonyl (C=O) groups is 3. The van der Waals surface area contributed by atoms with Gasteiger partial charge < -0.3 is 0 Å². The van der Waals surface area contributed by atoms with Crippen molar-refractivity contribution in [2.75, 3.05) is 4.42 Å². The van der Waals surface area contributed by atoms with Crippen LogP contribution < -0.4 is 9.74 Å². The minimum absolute atomic E-state index is 0.152. The second-order valence-corrected chi connectivity index (χ2v) is 5.31. The molecule has 0 fully saturated rings. The van der Waals surface area contributed by atoms with Crippen LogP contribution in [0.2, 0.25) is 5.02 Å². The lowest BCUT2D eigenvalue weighted by Crippen LogP contribution is -2.36. The van der Waals surface area contributed by atoms with Crippen LogP contribution in [0.25, 0.3) is 10.8 Å². The Morgan fingerprint density at radius 1 is 1.24 bits per heavy atom. The zero-order chi connectivity index (χ0) is 15.3. The normalized spacial score (nSPS) is 13.3. The first-order chi connectivity index (χ1) is 9.91. The van der Waals surface area contributed by atoms with E-state index in [1.807, 2.05) is 0 Å². The molecule has 2 aromatic rings. The summed E-state index contributed by atoms with van der Waals surface area (Å²) in [5.41, 5.74) is 0.633. The Labute approximate surface area is 129 Å². The highest BCUT2D eigenvalue weighted by molar-refractivity contribution is 6.42. The van der Waals surface area contributed by atoms with Crippen LogP contribution in [0.5, 0.6) is 0 Å². The highest BCUT2D eigenvalue weighted by atomic mass is 35.5. The Morgan fingerprint density at radius 3 is 2.62 bits per heavy atom. The van der Waals surface area contributed by atoms with Crippen LogP contribution in [0.3, 0.4) is 0 Å². The molecule has 2 aromatic carbocycles. The topological polar surface area (TPSA) is 66.5 Å². The molecular formula is C14H8Cl2N2O3. The fourth-order valence-electron chi connectivity index (χ4n) is 2.40. The van der Waals surface area contributed by atoms with Crippen LogP contribution in [-0.2, 0) is 4.79 Å². The molecule has 0 aliphatic carbocycles. The monoisotopic (exact) mass is 322 g/mol. The third-order valence-electron chi connectivity index (χ3n) is 3.28. The first-order valence-electron chi connectivity index (χ1n) is 5.99. The number of hydrogen-bond acceptors (Lipinski definition) is 3. The molecule has 1 aliphatic rings. The highest BCUT2D eigenvalue weighted by Gasteiger charge is 2.30. The van der Waals surface area contributed by atoms with Gasteiger partial charge >= 0.3 is 0 Å². The minimum atomic E-state index is -0.609. The molecule has 0 radical (unpaired) electrons. The van der Waals surface area contributed by atoms with Gasteiger partial charge in [-0.15, -0.1) is 0 Å². The molecule has 106 valence electrons. The molecule has 21 heavy (non-hydrogen) atoms. The molecular weight excluding hydrogens is 315 g/mol. The highest BCUT2D eigenvalue weighted by Crippen LogP contribution is 2.38. The van der Waals surface area contributed by atoms with E-state index in [0.29, 0.717) is 21.4 Å². The van der Waals surface area contributed by atoms with Gasteiger partial charge in [-0.1, -0.05) is 23.7 Å². The largest absolute Gasteiger partial charge is 0.288 e. The predicted molar refractivity (Wildman–Crippen MR) is 79.8 cm³/mol. The zero-order valence-electron chi connectivity index (χ0n) is 10.7. The standard InChI is InChI=1S/C14H8Cl2N2O3/c1-6(19)18(16)10-5-9(15)7-3-2-4-8-11(7)12(10)14(21)17-13(8)20/h2-5H,1H3,(H,17,20,21). The van der Waals surface area contributed by atoms with Gasteiger partial charge in [0.1, 0.15) is 0 Å². The molecule has 0 atom stereocenters. The van der Waals surface area contributed by atoms with Crippen molar-refractivity contribution in [3.63, 3.8) is 0 Å². The van der Waals surface area contributed by atoms with Crippen molar-refractivity contribution in [1.82, 2.24) is 5.32 Å². The van der Waals surface area contributed by atoms with E-state index in [2.05, 4.69) is 5.32 Å². The molecule has 1 N–H and O–H groups in total. The summed E-state index contributed by atoms with van der Waals surface area (Å²) in [5, 5.41) is 3.50. The summed E-state index contributed by atoms with van der Waals surface area (Å²) >= 11 is 12.1. The van der Waals surface area contributed by atoms with Gasteiger partial charge in [-0.25, -0.2) is 4.42 Å². The van der Waals surface area contributed by atoms with E-state index < -0.39 is 17.7 Å². The number of benzene rings is 2. The van der Waals surface area contributed by atoms with Gasteiger partial charge in [-0.05, 0) is 12.1 Å². The third kappa shape index (κ3) is 1.97. The van der Waals surface area contributed by atoms with Gasteiger partial charge in [0.15, 0.2) is 0 Å². The van der Waals surface area contributed by atoms with Crippen molar-refractivity contribution in [2.45, 2.75) is 6.92 Å². The summed E-state index contributed by atoms with van der Waals surface area (Å²) in [6.07, 6.45) is 0. The molecule has 0 saturated heterocycles. The number of rotatable bonds is 1. The zero-order valence-corrected chi connectivity index (χ0v) is 12.2. The Bertz CT molecular complexity index is 833.